The van der Waals surface area contributed by atoms with E-state index in [0.717, 1.165) is 6.54 Å². The van der Waals surface area contributed by atoms with Gasteiger partial charge >= 0.3 is 0 Å². The standard InChI is InChI=1S/C17H21N/c1-12-8-9-13(2)16(10-12)11-18-17-14(3)6-5-7-15(17)4/h5-10,18H,11H2,1-4H3. The largest absolute Gasteiger partial charge is 0.381 e. The van der Waals surface area contributed by atoms with E-state index in [-0.39, 0.29) is 0 Å². The van der Waals surface area contributed by atoms with Crippen LogP contribution in [0.5, 0.6) is 0 Å². The molecule has 0 saturated carbocycles. The third-order valence-electron chi connectivity index (χ3n) is 3.44. The number of hydrogen-bond donors (Lipinski definition) is 1. The molecule has 2 aromatic rings. The van der Waals surface area contributed by atoms with E-state index in [2.05, 4.69) is 69.4 Å². The summed E-state index contributed by atoms with van der Waals surface area (Å²) in [6, 6.07) is 13.0. The third kappa shape index (κ3) is 2.73. The zero-order valence-corrected chi connectivity index (χ0v) is 11.7. The molecular formula is C17H21N. The SMILES string of the molecule is Cc1ccc(C)c(CNc2c(C)cccc2C)c1. The van der Waals surface area contributed by atoms with Gasteiger partial charge in [0.15, 0.2) is 0 Å². The molecule has 0 fully saturated rings. The summed E-state index contributed by atoms with van der Waals surface area (Å²) in [5.41, 5.74) is 7.91. The Bertz CT molecular complexity index is 535. The van der Waals surface area contributed by atoms with Crippen molar-refractivity contribution >= 4 is 5.69 Å². The Balaban J connectivity index is 2.19. The van der Waals surface area contributed by atoms with Gasteiger partial charge in [-0.1, -0.05) is 42.0 Å². The van der Waals surface area contributed by atoms with E-state index in [1.807, 2.05) is 0 Å². The molecule has 94 valence electrons. The van der Waals surface area contributed by atoms with Crippen LogP contribution in [0.3, 0.4) is 0 Å². The summed E-state index contributed by atoms with van der Waals surface area (Å²) in [7, 11) is 0. The van der Waals surface area contributed by atoms with Gasteiger partial charge in [0.2, 0.25) is 0 Å². The fourth-order valence-corrected chi connectivity index (χ4v) is 2.27. The van der Waals surface area contributed by atoms with Crippen LogP contribution in [0.25, 0.3) is 0 Å². The smallest absolute Gasteiger partial charge is 0.0403 e. The van der Waals surface area contributed by atoms with E-state index in [1.54, 1.807) is 0 Å². The highest BCUT2D eigenvalue weighted by molar-refractivity contribution is 5.57. The lowest BCUT2D eigenvalue weighted by atomic mass is 10.0. The van der Waals surface area contributed by atoms with Gasteiger partial charge in [-0.2, -0.15) is 0 Å². The first-order valence-electron chi connectivity index (χ1n) is 6.44. The Morgan fingerprint density at radius 3 is 2.17 bits per heavy atom. The summed E-state index contributed by atoms with van der Waals surface area (Å²) in [6.45, 7) is 9.50. The average Bonchev–Trinajstić information content (AvgIpc) is 2.33. The zero-order chi connectivity index (χ0) is 13.1. The van der Waals surface area contributed by atoms with Crippen molar-refractivity contribution in [2.24, 2.45) is 0 Å². The molecule has 1 heteroatoms. The van der Waals surface area contributed by atoms with Gasteiger partial charge in [-0.15, -0.1) is 0 Å². The molecule has 18 heavy (non-hydrogen) atoms. The quantitative estimate of drug-likeness (QED) is 0.829. The lowest BCUT2D eigenvalue weighted by Gasteiger charge is -2.14. The molecule has 0 atom stereocenters. The van der Waals surface area contributed by atoms with Crippen LogP contribution in [0.1, 0.15) is 27.8 Å². The monoisotopic (exact) mass is 239 g/mol. The first-order chi connectivity index (χ1) is 8.58. The number of hydrogen-bond acceptors (Lipinski definition) is 1. The van der Waals surface area contributed by atoms with Crippen molar-refractivity contribution in [3.63, 3.8) is 0 Å². The van der Waals surface area contributed by atoms with Crippen LogP contribution >= 0.6 is 0 Å². The predicted molar refractivity (Wildman–Crippen MR) is 79.2 cm³/mol. The molecule has 0 bridgehead atoms. The van der Waals surface area contributed by atoms with Crippen molar-refractivity contribution < 1.29 is 0 Å². The van der Waals surface area contributed by atoms with Gasteiger partial charge in [-0.3, -0.25) is 0 Å². The Morgan fingerprint density at radius 2 is 1.50 bits per heavy atom. The van der Waals surface area contributed by atoms with E-state index < -0.39 is 0 Å². The summed E-state index contributed by atoms with van der Waals surface area (Å²) in [5, 5.41) is 3.57. The molecule has 0 saturated heterocycles. The number of rotatable bonds is 3. The first kappa shape index (κ1) is 12.7. The molecule has 0 aliphatic heterocycles. The zero-order valence-electron chi connectivity index (χ0n) is 11.7. The van der Waals surface area contributed by atoms with Crippen LogP contribution in [0.2, 0.25) is 0 Å². The van der Waals surface area contributed by atoms with Gasteiger partial charge in [0.1, 0.15) is 0 Å². The number of nitrogens with one attached hydrogen (secondary N) is 1. The van der Waals surface area contributed by atoms with Gasteiger partial charge in [0, 0.05) is 12.2 Å². The Morgan fingerprint density at radius 1 is 0.833 bits per heavy atom. The molecule has 2 rings (SSSR count). The molecule has 0 spiro atoms. The van der Waals surface area contributed by atoms with Gasteiger partial charge in [-0.05, 0) is 49.9 Å². The lowest BCUT2D eigenvalue weighted by molar-refractivity contribution is 1.10. The van der Waals surface area contributed by atoms with Crippen LogP contribution in [0, 0.1) is 27.7 Å². The second-order valence-electron chi connectivity index (χ2n) is 5.05. The molecular weight excluding hydrogens is 218 g/mol. The van der Waals surface area contributed by atoms with Gasteiger partial charge in [0.25, 0.3) is 0 Å². The van der Waals surface area contributed by atoms with Gasteiger partial charge in [-0.25, -0.2) is 0 Å². The van der Waals surface area contributed by atoms with Gasteiger partial charge < -0.3 is 5.32 Å². The number of para-hydroxylation sites is 1. The van der Waals surface area contributed by atoms with Crippen LogP contribution in [0.4, 0.5) is 5.69 Å². The van der Waals surface area contributed by atoms with Crippen LogP contribution in [-0.2, 0) is 6.54 Å². The van der Waals surface area contributed by atoms with Crippen LogP contribution < -0.4 is 5.32 Å². The fraction of sp³-hybridized carbons (Fsp3) is 0.294. The molecule has 0 aromatic heterocycles. The molecule has 0 unspecified atom stereocenters. The molecule has 0 aliphatic rings. The van der Waals surface area contributed by atoms with Crippen molar-refractivity contribution in [3.05, 3.63) is 64.2 Å². The Kier molecular flexibility index (Phi) is 3.71. The molecule has 2 aromatic carbocycles. The highest BCUT2D eigenvalue weighted by Crippen LogP contribution is 2.21. The maximum Gasteiger partial charge on any atom is 0.0403 e. The van der Waals surface area contributed by atoms with Crippen LogP contribution in [-0.4, -0.2) is 0 Å². The first-order valence-corrected chi connectivity index (χ1v) is 6.44. The van der Waals surface area contributed by atoms with Crippen molar-refractivity contribution in [2.45, 2.75) is 34.2 Å². The Labute approximate surface area is 110 Å². The van der Waals surface area contributed by atoms with Crippen molar-refractivity contribution in [1.29, 1.82) is 0 Å². The fourth-order valence-electron chi connectivity index (χ4n) is 2.27. The second kappa shape index (κ2) is 5.26. The van der Waals surface area contributed by atoms with E-state index >= 15 is 0 Å². The summed E-state index contributed by atoms with van der Waals surface area (Å²) < 4.78 is 0. The summed E-state index contributed by atoms with van der Waals surface area (Å²) in [6.07, 6.45) is 0. The summed E-state index contributed by atoms with van der Waals surface area (Å²) in [4.78, 5) is 0. The van der Waals surface area contributed by atoms with E-state index in [0.29, 0.717) is 0 Å². The molecule has 0 amide bonds. The maximum absolute atomic E-state index is 3.57. The molecule has 1 N–H and O–H groups in total. The minimum absolute atomic E-state index is 0.888. The van der Waals surface area contributed by atoms with Crippen LogP contribution in [0.15, 0.2) is 36.4 Å². The molecule has 0 radical (unpaired) electrons. The maximum atomic E-state index is 3.57. The predicted octanol–water partition coefficient (Wildman–Crippen LogP) is 4.53. The molecule has 0 heterocycles. The topological polar surface area (TPSA) is 12.0 Å². The second-order valence-corrected chi connectivity index (χ2v) is 5.05. The molecule has 0 aliphatic carbocycles. The minimum Gasteiger partial charge on any atom is -0.381 e. The van der Waals surface area contributed by atoms with E-state index in [4.69, 9.17) is 0 Å². The highest BCUT2D eigenvalue weighted by atomic mass is 14.9. The third-order valence-corrected chi connectivity index (χ3v) is 3.44. The number of aryl methyl sites for hydroxylation is 4. The average molecular weight is 239 g/mol. The molecule has 1 nitrogen and oxygen atoms in total. The number of benzene rings is 2. The number of anilines is 1. The lowest BCUT2D eigenvalue weighted by Crippen LogP contribution is -2.04. The highest BCUT2D eigenvalue weighted by Gasteiger charge is 2.03. The van der Waals surface area contributed by atoms with Gasteiger partial charge in [0.05, 0.1) is 0 Å². The summed E-state index contributed by atoms with van der Waals surface area (Å²) >= 11 is 0. The van der Waals surface area contributed by atoms with Crippen molar-refractivity contribution in [1.82, 2.24) is 0 Å². The normalized spacial score (nSPS) is 10.4. The summed E-state index contributed by atoms with van der Waals surface area (Å²) in [5.74, 6) is 0. The minimum atomic E-state index is 0.888. The van der Waals surface area contributed by atoms with E-state index in [1.165, 1.54) is 33.5 Å². The van der Waals surface area contributed by atoms with Crippen molar-refractivity contribution in [2.75, 3.05) is 5.32 Å². The van der Waals surface area contributed by atoms with Crippen molar-refractivity contribution in [3.8, 4) is 0 Å². The van der Waals surface area contributed by atoms with E-state index in [9.17, 15) is 0 Å². The Hall–Kier alpha value is -1.76.